The van der Waals surface area contributed by atoms with Gasteiger partial charge in [0.2, 0.25) is 11.8 Å². The summed E-state index contributed by atoms with van der Waals surface area (Å²) in [5, 5.41) is 6.26. The standard InChI is InChI=1S/C20H29FN4O2/c1-15-14-16(6-8-22-15)20(27)23-9-7-19(26)25-12-10-24(11-13-25)18-4-2-17(21)3-5-18/h2-5,15-16,22H,6-14H2,1H3,(H,23,27)/t15-,16-/m0/s1. The summed E-state index contributed by atoms with van der Waals surface area (Å²) in [6, 6.07) is 6.82. The van der Waals surface area contributed by atoms with Crippen molar-refractivity contribution in [3.63, 3.8) is 0 Å². The van der Waals surface area contributed by atoms with E-state index < -0.39 is 0 Å². The Hall–Kier alpha value is -2.15. The van der Waals surface area contributed by atoms with Gasteiger partial charge in [-0.05, 0) is 50.6 Å². The van der Waals surface area contributed by atoms with E-state index in [-0.39, 0.29) is 23.5 Å². The molecule has 2 aliphatic heterocycles. The monoisotopic (exact) mass is 376 g/mol. The fourth-order valence-corrected chi connectivity index (χ4v) is 3.83. The first kappa shape index (κ1) is 19.6. The van der Waals surface area contributed by atoms with Gasteiger partial charge in [-0.25, -0.2) is 4.39 Å². The predicted molar refractivity (Wildman–Crippen MR) is 103 cm³/mol. The number of carbonyl (C=O) groups is 2. The van der Waals surface area contributed by atoms with Gasteiger partial charge in [-0.3, -0.25) is 9.59 Å². The van der Waals surface area contributed by atoms with Gasteiger partial charge in [-0.15, -0.1) is 0 Å². The topological polar surface area (TPSA) is 64.7 Å². The van der Waals surface area contributed by atoms with Crippen molar-refractivity contribution in [3.05, 3.63) is 30.1 Å². The molecule has 27 heavy (non-hydrogen) atoms. The van der Waals surface area contributed by atoms with Gasteiger partial charge in [0.25, 0.3) is 0 Å². The average Bonchev–Trinajstić information content (AvgIpc) is 2.68. The second-order valence-corrected chi connectivity index (χ2v) is 7.46. The van der Waals surface area contributed by atoms with Crippen LogP contribution < -0.4 is 15.5 Å². The summed E-state index contributed by atoms with van der Waals surface area (Å²) in [6.45, 7) is 6.12. The van der Waals surface area contributed by atoms with Gasteiger partial charge in [-0.2, -0.15) is 0 Å². The third kappa shape index (κ3) is 5.42. The van der Waals surface area contributed by atoms with E-state index in [1.807, 2.05) is 4.90 Å². The number of halogens is 1. The van der Waals surface area contributed by atoms with Crippen LogP contribution in [0, 0.1) is 11.7 Å². The third-order valence-corrected chi connectivity index (χ3v) is 5.46. The predicted octanol–water partition coefficient (Wildman–Crippen LogP) is 1.37. The molecule has 0 aromatic heterocycles. The third-order valence-electron chi connectivity index (χ3n) is 5.46. The Morgan fingerprint density at radius 3 is 2.56 bits per heavy atom. The molecule has 2 fully saturated rings. The molecular formula is C20H29FN4O2. The Bertz CT molecular complexity index is 644. The van der Waals surface area contributed by atoms with Gasteiger partial charge in [0, 0.05) is 56.8 Å². The van der Waals surface area contributed by atoms with E-state index in [9.17, 15) is 14.0 Å². The summed E-state index contributed by atoms with van der Waals surface area (Å²) in [5.41, 5.74) is 0.979. The number of hydrogen-bond acceptors (Lipinski definition) is 4. The molecule has 2 amide bonds. The second kappa shape index (κ2) is 9.17. The molecule has 2 N–H and O–H groups in total. The van der Waals surface area contributed by atoms with E-state index in [1.54, 1.807) is 12.1 Å². The highest BCUT2D eigenvalue weighted by molar-refractivity contribution is 5.80. The van der Waals surface area contributed by atoms with Crippen molar-refractivity contribution >= 4 is 17.5 Å². The summed E-state index contributed by atoms with van der Waals surface area (Å²) in [4.78, 5) is 28.6. The van der Waals surface area contributed by atoms with Crippen LogP contribution in [0.5, 0.6) is 0 Å². The van der Waals surface area contributed by atoms with Crippen molar-refractivity contribution in [1.29, 1.82) is 0 Å². The van der Waals surface area contributed by atoms with Crippen molar-refractivity contribution < 1.29 is 14.0 Å². The van der Waals surface area contributed by atoms with Crippen LogP contribution in [0.15, 0.2) is 24.3 Å². The summed E-state index contributed by atoms with van der Waals surface area (Å²) in [7, 11) is 0. The Balaban J connectivity index is 1.37. The Morgan fingerprint density at radius 1 is 1.19 bits per heavy atom. The molecule has 1 aromatic carbocycles. The van der Waals surface area contributed by atoms with Gasteiger partial charge in [-0.1, -0.05) is 0 Å². The zero-order chi connectivity index (χ0) is 19.2. The highest BCUT2D eigenvalue weighted by atomic mass is 19.1. The van der Waals surface area contributed by atoms with E-state index in [1.165, 1.54) is 12.1 Å². The van der Waals surface area contributed by atoms with Crippen molar-refractivity contribution in [2.24, 2.45) is 5.92 Å². The van der Waals surface area contributed by atoms with Crippen LogP contribution in [0.3, 0.4) is 0 Å². The molecule has 1 aromatic rings. The fourth-order valence-electron chi connectivity index (χ4n) is 3.83. The van der Waals surface area contributed by atoms with E-state index in [0.717, 1.165) is 38.2 Å². The van der Waals surface area contributed by atoms with Crippen LogP contribution >= 0.6 is 0 Å². The minimum Gasteiger partial charge on any atom is -0.368 e. The smallest absolute Gasteiger partial charge is 0.224 e. The first-order valence-corrected chi connectivity index (χ1v) is 9.82. The van der Waals surface area contributed by atoms with Gasteiger partial charge in [0.05, 0.1) is 0 Å². The van der Waals surface area contributed by atoms with Crippen molar-refractivity contribution in [1.82, 2.24) is 15.5 Å². The fraction of sp³-hybridized carbons (Fsp3) is 0.600. The first-order valence-electron chi connectivity index (χ1n) is 9.82. The van der Waals surface area contributed by atoms with Gasteiger partial charge in [0.15, 0.2) is 0 Å². The Morgan fingerprint density at radius 2 is 1.89 bits per heavy atom. The maximum absolute atomic E-state index is 13.0. The van der Waals surface area contributed by atoms with E-state index in [0.29, 0.717) is 32.1 Å². The summed E-state index contributed by atoms with van der Waals surface area (Å²) < 4.78 is 13.0. The molecule has 6 nitrogen and oxygen atoms in total. The number of anilines is 1. The number of nitrogens with zero attached hydrogens (tertiary/aromatic N) is 2. The van der Waals surface area contributed by atoms with Crippen LogP contribution in [0.1, 0.15) is 26.2 Å². The molecule has 0 saturated carbocycles. The summed E-state index contributed by atoms with van der Waals surface area (Å²) in [5.74, 6) is -0.0471. The molecule has 0 unspecified atom stereocenters. The molecule has 0 spiro atoms. The molecule has 148 valence electrons. The van der Waals surface area contributed by atoms with Crippen LogP contribution in [0.4, 0.5) is 10.1 Å². The quantitative estimate of drug-likeness (QED) is 0.815. The van der Waals surface area contributed by atoms with Gasteiger partial charge >= 0.3 is 0 Å². The van der Waals surface area contributed by atoms with Crippen molar-refractivity contribution in [3.8, 4) is 0 Å². The lowest BCUT2D eigenvalue weighted by atomic mass is 9.92. The van der Waals surface area contributed by atoms with Crippen molar-refractivity contribution in [2.75, 3.05) is 44.2 Å². The lowest BCUT2D eigenvalue weighted by Crippen LogP contribution is -2.49. The molecule has 0 bridgehead atoms. The second-order valence-electron chi connectivity index (χ2n) is 7.46. The number of rotatable bonds is 5. The molecule has 2 heterocycles. The summed E-state index contributed by atoms with van der Waals surface area (Å²) >= 11 is 0. The maximum Gasteiger partial charge on any atom is 0.224 e. The lowest BCUT2D eigenvalue weighted by Gasteiger charge is -2.36. The Kier molecular flexibility index (Phi) is 6.66. The lowest BCUT2D eigenvalue weighted by molar-refractivity contribution is -0.131. The molecule has 2 saturated heterocycles. The van der Waals surface area contributed by atoms with Gasteiger partial charge in [0.1, 0.15) is 5.82 Å². The molecule has 3 rings (SSSR count). The Labute approximate surface area is 160 Å². The largest absolute Gasteiger partial charge is 0.368 e. The zero-order valence-electron chi connectivity index (χ0n) is 15.9. The van der Waals surface area contributed by atoms with E-state index in [4.69, 9.17) is 0 Å². The highest BCUT2D eigenvalue weighted by Crippen LogP contribution is 2.18. The van der Waals surface area contributed by atoms with Gasteiger partial charge < -0.3 is 20.4 Å². The number of carbonyl (C=O) groups excluding carboxylic acids is 2. The number of nitrogens with one attached hydrogen (secondary N) is 2. The van der Waals surface area contributed by atoms with Crippen LogP contribution in [0.25, 0.3) is 0 Å². The van der Waals surface area contributed by atoms with Crippen LogP contribution in [-0.4, -0.2) is 62.0 Å². The zero-order valence-corrected chi connectivity index (χ0v) is 15.9. The number of piperidine rings is 1. The number of benzene rings is 1. The SMILES string of the molecule is C[C@H]1C[C@@H](C(=O)NCCC(=O)N2CCN(c3ccc(F)cc3)CC2)CCN1. The number of amides is 2. The molecule has 2 atom stereocenters. The molecule has 0 aliphatic carbocycles. The number of hydrogen-bond donors (Lipinski definition) is 2. The molecule has 2 aliphatic rings. The molecule has 7 heteroatoms. The minimum atomic E-state index is -0.242. The normalized spacial score (nSPS) is 23.2. The average molecular weight is 376 g/mol. The summed E-state index contributed by atoms with van der Waals surface area (Å²) in [6.07, 6.45) is 2.05. The van der Waals surface area contributed by atoms with E-state index >= 15 is 0 Å². The number of piperazine rings is 1. The molecular weight excluding hydrogens is 347 g/mol. The van der Waals surface area contributed by atoms with E-state index in [2.05, 4.69) is 22.5 Å². The first-order chi connectivity index (χ1) is 13.0. The minimum absolute atomic E-state index is 0.0515. The van der Waals surface area contributed by atoms with Crippen LogP contribution in [-0.2, 0) is 9.59 Å². The van der Waals surface area contributed by atoms with Crippen molar-refractivity contribution in [2.45, 2.75) is 32.2 Å². The maximum atomic E-state index is 13.0. The highest BCUT2D eigenvalue weighted by Gasteiger charge is 2.25. The van der Waals surface area contributed by atoms with Crippen LogP contribution in [0.2, 0.25) is 0 Å². The molecule has 0 radical (unpaired) electrons.